The van der Waals surface area contributed by atoms with Crippen LogP contribution in [0.4, 0.5) is 5.82 Å². The average Bonchev–Trinajstić information content (AvgIpc) is 3.16. The maximum atomic E-state index is 6.17. The van der Waals surface area contributed by atoms with Crippen molar-refractivity contribution in [1.82, 2.24) is 15.0 Å². The van der Waals surface area contributed by atoms with Crippen molar-refractivity contribution in [3.63, 3.8) is 0 Å². The zero-order valence-electron chi connectivity index (χ0n) is 17.7. The Bertz CT molecular complexity index is 1080. The minimum absolute atomic E-state index is 0.302. The molecule has 8 nitrogen and oxygen atoms in total. The lowest BCUT2D eigenvalue weighted by molar-refractivity contribution is 0.0743. The van der Waals surface area contributed by atoms with Gasteiger partial charge in [0, 0.05) is 12.6 Å². The number of rotatable bonds is 7. The minimum Gasteiger partial charge on any atom is -0.493 e. The molecule has 0 saturated heterocycles. The van der Waals surface area contributed by atoms with E-state index in [9.17, 15) is 0 Å². The number of nitrogen functional groups attached to an aromatic ring is 1. The summed E-state index contributed by atoms with van der Waals surface area (Å²) in [6, 6.07) is 15.7. The Morgan fingerprint density at radius 2 is 1.90 bits per heavy atom. The van der Waals surface area contributed by atoms with E-state index in [1.54, 1.807) is 11.2 Å². The third-order valence-corrected chi connectivity index (χ3v) is 4.95. The monoisotopic (exact) mass is 418 g/mol. The molecule has 0 aliphatic carbocycles. The second-order valence-corrected chi connectivity index (χ2v) is 7.33. The summed E-state index contributed by atoms with van der Waals surface area (Å²) >= 11 is 0. The van der Waals surface area contributed by atoms with E-state index in [2.05, 4.69) is 10.1 Å². The third kappa shape index (κ3) is 4.44. The molecule has 0 radical (unpaired) electrons. The number of anilines is 1. The number of para-hydroxylation sites is 1. The smallest absolute Gasteiger partial charge is 0.244 e. The van der Waals surface area contributed by atoms with Gasteiger partial charge in [-0.2, -0.15) is 0 Å². The molecule has 0 saturated carbocycles. The van der Waals surface area contributed by atoms with Gasteiger partial charge < -0.3 is 20.9 Å². The molecule has 1 aliphatic rings. The Morgan fingerprint density at radius 3 is 2.68 bits per heavy atom. The highest BCUT2D eigenvalue weighted by atomic mass is 16.5. The van der Waals surface area contributed by atoms with Gasteiger partial charge in [0.15, 0.2) is 5.82 Å². The van der Waals surface area contributed by atoms with Crippen LogP contribution in [0.2, 0.25) is 0 Å². The highest BCUT2D eigenvalue weighted by Gasteiger charge is 2.32. The van der Waals surface area contributed by atoms with Crippen LogP contribution in [0.5, 0.6) is 5.75 Å². The number of nitrogens with two attached hydrogens (primary N) is 2. The quantitative estimate of drug-likeness (QED) is 0.567. The van der Waals surface area contributed by atoms with E-state index in [0.717, 1.165) is 23.2 Å². The van der Waals surface area contributed by atoms with Crippen molar-refractivity contribution < 1.29 is 9.47 Å². The molecular weight excluding hydrogens is 392 g/mol. The van der Waals surface area contributed by atoms with Crippen LogP contribution in [-0.4, -0.2) is 41.1 Å². The van der Waals surface area contributed by atoms with Crippen LogP contribution in [0.15, 0.2) is 59.8 Å². The largest absolute Gasteiger partial charge is 0.493 e. The fraction of sp³-hybridized carbons (Fsp3) is 0.261. The fourth-order valence-corrected chi connectivity index (χ4v) is 3.24. The molecule has 0 bridgehead atoms. The molecule has 1 unspecified atom stereocenters. The molecule has 3 aromatic rings. The van der Waals surface area contributed by atoms with Gasteiger partial charge in [0.25, 0.3) is 0 Å². The van der Waals surface area contributed by atoms with Crippen molar-refractivity contribution in [2.45, 2.75) is 19.6 Å². The first kappa shape index (κ1) is 20.6. The van der Waals surface area contributed by atoms with Gasteiger partial charge >= 0.3 is 0 Å². The van der Waals surface area contributed by atoms with Crippen molar-refractivity contribution in [1.29, 1.82) is 0 Å². The molecule has 8 heteroatoms. The average molecular weight is 419 g/mol. The van der Waals surface area contributed by atoms with Crippen LogP contribution < -0.4 is 16.2 Å². The molecule has 1 aliphatic heterocycles. The summed E-state index contributed by atoms with van der Waals surface area (Å²) in [7, 11) is 1.81. The molecule has 0 spiro atoms. The van der Waals surface area contributed by atoms with Crippen molar-refractivity contribution in [2.75, 3.05) is 25.9 Å². The normalized spacial score (nSPS) is 15.5. The summed E-state index contributed by atoms with van der Waals surface area (Å²) in [5, 5.41) is 6.25. The van der Waals surface area contributed by atoms with Crippen molar-refractivity contribution >= 4 is 11.7 Å². The summed E-state index contributed by atoms with van der Waals surface area (Å²) in [4.78, 5) is 9.09. The molecule has 160 valence electrons. The van der Waals surface area contributed by atoms with Gasteiger partial charge in [-0.05, 0) is 32.0 Å². The lowest BCUT2D eigenvalue weighted by Gasteiger charge is -2.19. The first-order valence-electron chi connectivity index (χ1n) is 10.2. The maximum absolute atomic E-state index is 6.17. The van der Waals surface area contributed by atoms with Crippen LogP contribution in [-0.2, 0) is 4.74 Å². The number of hydrazone groups is 1. The number of hydrogen-bond acceptors (Lipinski definition) is 8. The summed E-state index contributed by atoms with van der Waals surface area (Å²) in [5.74, 6) is 1.44. The second kappa shape index (κ2) is 9.01. The van der Waals surface area contributed by atoms with E-state index >= 15 is 0 Å². The van der Waals surface area contributed by atoms with Crippen molar-refractivity contribution in [3.8, 4) is 17.0 Å². The lowest BCUT2D eigenvalue weighted by atomic mass is 10.1. The lowest BCUT2D eigenvalue weighted by Crippen LogP contribution is -2.20. The molecule has 0 fully saturated rings. The predicted molar refractivity (Wildman–Crippen MR) is 120 cm³/mol. The minimum atomic E-state index is -0.593. The first-order valence-corrected chi connectivity index (χ1v) is 10.2. The molecule has 0 amide bonds. The number of hydrogen-bond donors (Lipinski definition) is 2. The highest BCUT2D eigenvalue weighted by Crippen LogP contribution is 2.33. The zero-order chi connectivity index (χ0) is 21.8. The summed E-state index contributed by atoms with van der Waals surface area (Å²) in [5.41, 5.74) is 15.9. The van der Waals surface area contributed by atoms with Crippen LogP contribution in [0.1, 0.15) is 29.5 Å². The van der Waals surface area contributed by atoms with Crippen LogP contribution in [0.3, 0.4) is 0 Å². The first-order chi connectivity index (χ1) is 15.1. The fourth-order valence-electron chi connectivity index (χ4n) is 3.24. The summed E-state index contributed by atoms with van der Waals surface area (Å²) in [6.07, 6.45) is 1.84. The predicted octanol–water partition coefficient (Wildman–Crippen LogP) is 3.08. The standard InChI is InChI=1S/C23H26N6O2/c1-15-8-10-16(11-9-15)18-14-26-21(25)20(27-18)23-29(2)28-22(31-23)17-6-3-4-7-19(17)30-13-5-12-24/h3-4,6-11,14,23H,5,12-13,24H2,1-2H3,(H2,25,26). The Labute approximate surface area is 181 Å². The van der Waals surface area contributed by atoms with Crippen molar-refractivity contribution in [2.24, 2.45) is 10.8 Å². The highest BCUT2D eigenvalue weighted by molar-refractivity contribution is 5.97. The summed E-state index contributed by atoms with van der Waals surface area (Å²) in [6.45, 7) is 3.14. The van der Waals surface area contributed by atoms with Crippen LogP contribution in [0.25, 0.3) is 11.3 Å². The SMILES string of the molecule is Cc1ccc(-c2cnc(N)c(C3OC(c4ccccc4OCCCN)=NN3C)n2)cc1. The number of aromatic nitrogens is 2. The Morgan fingerprint density at radius 1 is 1.13 bits per heavy atom. The molecule has 31 heavy (non-hydrogen) atoms. The Balaban J connectivity index is 1.60. The molecule has 2 heterocycles. The van der Waals surface area contributed by atoms with E-state index in [-0.39, 0.29) is 0 Å². The molecular formula is C23H26N6O2. The van der Waals surface area contributed by atoms with E-state index in [1.165, 1.54) is 5.56 Å². The maximum Gasteiger partial charge on any atom is 0.244 e. The van der Waals surface area contributed by atoms with E-state index < -0.39 is 6.23 Å². The molecule has 1 atom stereocenters. The van der Waals surface area contributed by atoms with Crippen molar-refractivity contribution in [3.05, 3.63) is 71.5 Å². The molecule has 4 rings (SSSR count). The number of aryl methyl sites for hydroxylation is 1. The molecule has 2 aromatic carbocycles. The van der Waals surface area contributed by atoms with Gasteiger partial charge in [0.1, 0.15) is 11.4 Å². The number of benzene rings is 2. The second-order valence-electron chi connectivity index (χ2n) is 7.33. The number of ether oxygens (including phenoxy) is 2. The third-order valence-electron chi connectivity index (χ3n) is 4.95. The van der Waals surface area contributed by atoms with E-state index in [1.807, 2.05) is 62.5 Å². The van der Waals surface area contributed by atoms with Gasteiger partial charge in [-0.15, -0.1) is 5.10 Å². The van der Waals surface area contributed by atoms with Crippen LogP contribution >= 0.6 is 0 Å². The van der Waals surface area contributed by atoms with Gasteiger partial charge in [-0.3, -0.25) is 5.01 Å². The topological polar surface area (TPSA) is 112 Å². The van der Waals surface area contributed by atoms with Gasteiger partial charge in [0.2, 0.25) is 12.1 Å². The van der Waals surface area contributed by atoms with Gasteiger partial charge in [-0.1, -0.05) is 42.0 Å². The summed E-state index contributed by atoms with van der Waals surface area (Å²) < 4.78 is 12.0. The van der Waals surface area contributed by atoms with Crippen LogP contribution in [0, 0.1) is 6.92 Å². The number of nitrogens with zero attached hydrogens (tertiary/aromatic N) is 4. The zero-order valence-corrected chi connectivity index (χ0v) is 17.7. The Hall–Kier alpha value is -3.65. The van der Waals surface area contributed by atoms with E-state index in [0.29, 0.717) is 36.3 Å². The van der Waals surface area contributed by atoms with E-state index in [4.69, 9.17) is 25.9 Å². The molecule has 1 aromatic heterocycles. The molecule has 4 N–H and O–H groups in total. The van der Waals surface area contributed by atoms with Gasteiger partial charge in [0.05, 0.1) is 24.1 Å². The Kier molecular flexibility index (Phi) is 5.99. The van der Waals surface area contributed by atoms with Gasteiger partial charge in [-0.25, -0.2) is 9.97 Å².